The molecule has 4 rings (SSSR count). The molecule has 1 amide bonds. The van der Waals surface area contributed by atoms with Gasteiger partial charge in [0.05, 0.1) is 21.3 Å². The molecule has 0 aromatic heterocycles. The minimum Gasteiger partial charge on any atom is -0.493 e. The molecule has 6 nitrogen and oxygen atoms in total. The lowest BCUT2D eigenvalue weighted by Gasteiger charge is -2.40. The van der Waals surface area contributed by atoms with Gasteiger partial charge in [0.15, 0.2) is 11.5 Å². The number of benzene rings is 1. The topological polar surface area (TPSA) is 51.2 Å². The average Bonchev–Trinajstić information content (AvgIpc) is 3.01. The highest BCUT2D eigenvalue weighted by molar-refractivity contribution is 5.80. The molecule has 1 aromatic rings. The van der Waals surface area contributed by atoms with Gasteiger partial charge in [-0.25, -0.2) is 0 Å². The van der Waals surface area contributed by atoms with Gasteiger partial charge in [-0.2, -0.15) is 0 Å². The lowest BCUT2D eigenvalue weighted by Crippen LogP contribution is -2.44. The van der Waals surface area contributed by atoms with Gasteiger partial charge >= 0.3 is 0 Å². The van der Waals surface area contributed by atoms with Crippen molar-refractivity contribution in [2.24, 2.45) is 16.7 Å². The summed E-state index contributed by atoms with van der Waals surface area (Å²) in [6.45, 7) is 10.8. The van der Waals surface area contributed by atoms with Gasteiger partial charge in [0.1, 0.15) is 0 Å². The highest BCUT2D eigenvalue weighted by Gasteiger charge is 2.51. The van der Waals surface area contributed by atoms with Gasteiger partial charge in [0, 0.05) is 25.0 Å². The van der Waals surface area contributed by atoms with E-state index in [-0.39, 0.29) is 5.92 Å². The molecule has 0 N–H and O–H groups in total. The van der Waals surface area contributed by atoms with E-state index in [0.717, 1.165) is 51.0 Å². The summed E-state index contributed by atoms with van der Waals surface area (Å²) in [4.78, 5) is 18.1. The molecule has 2 saturated heterocycles. The highest BCUT2D eigenvalue weighted by atomic mass is 16.5. The summed E-state index contributed by atoms with van der Waals surface area (Å²) in [6, 6.07) is 4.48. The lowest BCUT2D eigenvalue weighted by atomic mass is 9.65. The predicted molar refractivity (Wildman–Crippen MR) is 125 cm³/mol. The number of hydrogen-bond acceptors (Lipinski definition) is 5. The lowest BCUT2D eigenvalue weighted by molar-refractivity contribution is -0.138. The zero-order valence-electron chi connectivity index (χ0n) is 20.7. The molecule has 6 heteroatoms. The molecule has 0 spiro atoms. The summed E-state index contributed by atoms with van der Waals surface area (Å²) in [5.41, 5.74) is 1.78. The quantitative estimate of drug-likeness (QED) is 0.653. The molecule has 0 radical (unpaired) electrons. The second kappa shape index (κ2) is 8.77. The van der Waals surface area contributed by atoms with Crippen molar-refractivity contribution in [3.8, 4) is 17.2 Å². The number of likely N-dealkylation sites (tertiary alicyclic amines) is 2. The number of carbonyl (C=O) groups excluding carboxylic acids is 1. The smallest absolute Gasteiger partial charge is 0.226 e. The van der Waals surface area contributed by atoms with Crippen LogP contribution in [0.15, 0.2) is 12.1 Å². The third-order valence-electron chi connectivity index (χ3n) is 7.77. The van der Waals surface area contributed by atoms with Crippen LogP contribution < -0.4 is 14.2 Å². The number of rotatable bonds is 6. The molecule has 2 aliphatic heterocycles. The van der Waals surface area contributed by atoms with Crippen molar-refractivity contribution in [1.82, 2.24) is 9.80 Å². The fraction of sp³-hybridized carbons (Fsp3) is 0.731. The van der Waals surface area contributed by atoms with Crippen molar-refractivity contribution in [3.05, 3.63) is 17.7 Å². The Hall–Kier alpha value is -1.95. The van der Waals surface area contributed by atoms with E-state index in [2.05, 4.69) is 30.6 Å². The number of carbonyl (C=O) groups is 1. The number of piperidine rings is 1. The van der Waals surface area contributed by atoms with Crippen LogP contribution in [0.3, 0.4) is 0 Å². The van der Waals surface area contributed by atoms with Gasteiger partial charge in [-0.1, -0.05) is 20.8 Å². The summed E-state index contributed by atoms with van der Waals surface area (Å²) in [7, 11) is 4.91. The maximum absolute atomic E-state index is 13.5. The Kier molecular flexibility index (Phi) is 6.36. The number of methoxy groups -OCH3 is 3. The number of ether oxygens (including phenoxy) is 3. The van der Waals surface area contributed by atoms with Gasteiger partial charge in [0.2, 0.25) is 11.7 Å². The largest absolute Gasteiger partial charge is 0.493 e. The van der Waals surface area contributed by atoms with Crippen molar-refractivity contribution in [2.75, 3.05) is 41.0 Å². The van der Waals surface area contributed by atoms with E-state index in [9.17, 15) is 4.79 Å². The van der Waals surface area contributed by atoms with Crippen molar-refractivity contribution in [3.63, 3.8) is 0 Å². The fourth-order valence-corrected chi connectivity index (χ4v) is 6.78. The van der Waals surface area contributed by atoms with E-state index in [1.165, 1.54) is 12.8 Å². The molecule has 2 bridgehead atoms. The molecule has 2 heterocycles. The van der Waals surface area contributed by atoms with E-state index in [0.29, 0.717) is 40.0 Å². The van der Waals surface area contributed by atoms with Gasteiger partial charge in [-0.15, -0.1) is 0 Å². The van der Waals surface area contributed by atoms with Crippen LogP contribution in [0.5, 0.6) is 17.2 Å². The zero-order valence-corrected chi connectivity index (χ0v) is 20.7. The van der Waals surface area contributed by atoms with Crippen molar-refractivity contribution < 1.29 is 19.0 Å². The number of amides is 1. The monoisotopic (exact) mass is 444 g/mol. The van der Waals surface area contributed by atoms with Crippen LogP contribution >= 0.6 is 0 Å². The standard InChI is InChI=1S/C26H40N2O4/c1-25(2)13-20-14-26(3,16-25)17-28(20)24(29)19-7-9-27(10-8-19)15-18-11-21(30-4)23(32-6)22(12-18)31-5/h11-12,19-20H,7-10,13-17H2,1-6H3. The first-order valence-electron chi connectivity index (χ1n) is 12.0. The minimum atomic E-state index is 0.164. The Balaban J connectivity index is 1.36. The van der Waals surface area contributed by atoms with Crippen LogP contribution in [0.25, 0.3) is 0 Å². The van der Waals surface area contributed by atoms with Crippen LogP contribution in [0, 0.1) is 16.7 Å². The predicted octanol–water partition coefficient (Wildman–Crippen LogP) is 4.35. The van der Waals surface area contributed by atoms with Crippen LogP contribution in [0.4, 0.5) is 0 Å². The molecular formula is C26H40N2O4. The molecule has 32 heavy (non-hydrogen) atoms. The summed E-state index contributed by atoms with van der Waals surface area (Å²) in [6.07, 6.45) is 5.43. The normalized spacial score (nSPS) is 27.9. The summed E-state index contributed by atoms with van der Waals surface area (Å²) in [5, 5.41) is 0. The zero-order chi connectivity index (χ0) is 23.1. The average molecular weight is 445 g/mol. The first-order chi connectivity index (χ1) is 15.2. The maximum atomic E-state index is 13.5. The van der Waals surface area contributed by atoms with Crippen LogP contribution in [0.1, 0.15) is 58.4 Å². The summed E-state index contributed by atoms with van der Waals surface area (Å²) < 4.78 is 16.4. The second-order valence-corrected chi connectivity index (χ2v) is 11.3. The Bertz CT molecular complexity index is 821. The van der Waals surface area contributed by atoms with Gasteiger partial charge in [-0.3, -0.25) is 9.69 Å². The summed E-state index contributed by atoms with van der Waals surface area (Å²) in [5.74, 6) is 2.56. The van der Waals surface area contributed by atoms with Crippen molar-refractivity contribution in [1.29, 1.82) is 0 Å². The van der Waals surface area contributed by atoms with Crippen molar-refractivity contribution >= 4 is 5.91 Å². The van der Waals surface area contributed by atoms with E-state index in [4.69, 9.17) is 14.2 Å². The number of hydrogen-bond donors (Lipinski definition) is 0. The SMILES string of the molecule is COc1cc(CN2CCC(C(=O)N3CC4(C)CC3CC(C)(C)C4)CC2)cc(OC)c1OC. The first kappa shape index (κ1) is 23.2. The van der Waals surface area contributed by atoms with Crippen molar-refractivity contribution in [2.45, 2.75) is 65.5 Å². The van der Waals surface area contributed by atoms with E-state index in [1.807, 2.05) is 12.1 Å². The number of nitrogens with zero attached hydrogens (tertiary/aromatic N) is 2. The maximum Gasteiger partial charge on any atom is 0.226 e. The third kappa shape index (κ3) is 4.57. The van der Waals surface area contributed by atoms with Gasteiger partial charge < -0.3 is 19.1 Å². The molecule has 178 valence electrons. The Morgan fingerprint density at radius 1 is 1.00 bits per heavy atom. The molecule has 3 fully saturated rings. The van der Waals surface area contributed by atoms with E-state index >= 15 is 0 Å². The molecule has 2 unspecified atom stereocenters. The molecule has 1 aromatic carbocycles. The van der Waals surface area contributed by atoms with E-state index in [1.54, 1.807) is 21.3 Å². The van der Waals surface area contributed by atoms with Gasteiger partial charge in [-0.05, 0) is 73.7 Å². The molecule has 2 atom stereocenters. The fourth-order valence-electron chi connectivity index (χ4n) is 6.78. The summed E-state index contributed by atoms with van der Waals surface area (Å²) >= 11 is 0. The van der Waals surface area contributed by atoms with Crippen LogP contribution in [-0.4, -0.2) is 62.7 Å². The molecular weight excluding hydrogens is 404 g/mol. The Labute approximate surface area is 193 Å². The van der Waals surface area contributed by atoms with Crippen LogP contribution in [-0.2, 0) is 11.3 Å². The van der Waals surface area contributed by atoms with E-state index < -0.39 is 0 Å². The molecule has 1 saturated carbocycles. The third-order valence-corrected chi connectivity index (χ3v) is 7.77. The van der Waals surface area contributed by atoms with Gasteiger partial charge in [0.25, 0.3) is 0 Å². The highest BCUT2D eigenvalue weighted by Crippen LogP contribution is 2.53. The molecule has 3 aliphatic rings. The molecule has 1 aliphatic carbocycles. The minimum absolute atomic E-state index is 0.164. The Morgan fingerprint density at radius 3 is 2.19 bits per heavy atom. The first-order valence-corrected chi connectivity index (χ1v) is 12.0. The number of fused-ring (bicyclic) bond motifs is 2. The Morgan fingerprint density at radius 2 is 1.62 bits per heavy atom. The second-order valence-electron chi connectivity index (χ2n) is 11.3. The van der Waals surface area contributed by atoms with Crippen LogP contribution in [0.2, 0.25) is 0 Å².